The molecule has 0 amide bonds. The summed E-state index contributed by atoms with van der Waals surface area (Å²) in [4.78, 5) is 0. The second-order valence-corrected chi connectivity index (χ2v) is 4.81. The third kappa shape index (κ3) is 1.31. The van der Waals surface area contributed by atoms with Crippen LogP contribution in [-0.4, -0.2) is 21.6 Å². The van der Waals surface area contributed by atoms with Crippen molar-refractivity contribution in [3.8, 4) is 0 Å². The first-order valence-corrected chi connectivity index (χ1v) is 5.81. The Morgan fingerprint density at radius 1 is 1.27 bits per heavy atom. The molecule has 4 nitrogen and oxygen atoms in total. The molecule has 82 valence electrons. The fraction of sp³-hybridized carbons (Fsp3) is 0.818. The number of hydrogen-bond donors (Lipinski definition) is 0. The molecular weight excluding hydrogens is 190 g/mol. The van der Waals surface area contributed by atoms with Gasteiger partial charge in [-0.3, -0.25) is 0 Å². The van der Waals surface area contributed by atoms with Crippen LogP contribution in [0.25, 0.3) is 0 Å². The van der Waals surface area contributed by atoms with E-state index >= 15 is 0 Å². The van der Waals surface area contributed by atoms with Crippen LogP contribution in [0.1, 0.15) is 43.5 Å². The molecule has 2 heterocycles. The maximum atomic E-state index is 5.73. The molecule has 1 aromatic rings. The highest BCUT2D eigenvalue weighted by Crippen LogP contribution is 2.38. The van der Waals surface area contributed by atoms with E-state index in [1.165, 1.54) is 37.8 Å². The van der Waals surface area contributed by atoms with Crippen molar-refractivity contribution in [2.24, 2.45) is 0 Å². The Balaban J connectivity index is 2.04. The van der Waals surface area contributed by atoms with Crippen molar-refractivity contribution in [3.05, 3.63) is 11.4 Å². The predicted molar refractivity (Wildman–Crippen MR) is 55.5 cm³/mol. The third-order valence-corrected chi connectivity index (χ3v) is 3.80. The van der Waals surface area contributed by atoms with E-state index in [0.29, 0.717) is 6.61 Å². The molecule has 0 unspecified atom stereocenters. The Morgan fingerprint density at radius 2 is 2.07 bits per heavy atom. The number of rotatable bonds is 0. The molecule has 0 N–H and O–H groups in total. The van der Waals surface area contributed by atoms with Crippen molar-refractivity contribution < 1.29 is 4.74 Å². The lowest BCUT2D eigenvalue weighted by atomic mass is 9.81. The molecule has 3 rings (SSSR count). The molecule has 1 spiro atoms. The highest BCUT2D eigenvalue weighted by Gasteiger charge is 2.40. The molecule has 0 bridgehead atoms. The van der Waals surface area contributed by atoms with Gasteiger partial charge in [-0.1, -0.05) is 24.5 Å². The van der Waals surface area contributed by atoms with Crippen molar-refractivity contribution in [2.45, 2.75) is 51.2 Å². The Morgan fingerprint density at radius 3 is 2.87 bits per heavy atom. The van der Waals surface area contributed by atoms with Crippen LogP contribution in [0.3, 0.4) is 0 Å². The predicted octanol–water partition coefficient (Wildman–Crippen LogP) is 1.78. The highest BCUT2D eigenvalue weighted by atomic mass is 16.5. The molecule has 0 atom stereocenters. The second-order valence-electron chi connectivity index (χ2n) is 4.81. The lowest BCUT2D eigenvalue weighted by molar-refractivity contribution is -0.0244. The minimum Gasteiger partial charge on any atom is -0.373 e. The minimum atomic E-state index is 0.132. The maximum absolute atomic E-state index is 5.73. The molecule has 0 saturated heterocycles. The Bertz CT molecular complexity index is 366. The first kappa shape index (κ1) is 9.33. The molecular formula is C11H17N3O. The van der Waals surface area contributed by atoms with E-state index in [0.717, 1.165) is 12.3 Å². The average Bonchev–Trinajstić information content (AvgIpc) is 2.64. The van der Waals surface area contributed by atoms with Gasteiger partial charge in [0.2, 0.25) is 0 Å². The van der Waals surface area contributed by atoms with Crippen molar-refractivity contribution in [1.29, 1.82) is 0 Å². The minimum absolute atomic E-state index is 0.132. The lowest BCUT2D eigenvalue weighted by Gasteiger charge is -2.40. The first-order valence-electron chi connectivity index (χ1n) is 5.81. The fourth-order valence-electron chi connectivity index (χ4n) is 2.89. The van der Waals surface area contributed by atoms with E-state index in [-0.39, 0.29) is 5.54 Å². The summed E-state index contributed by atoms with van der Waals surface area (Å²) in [5.41, 5.74) is 2.34. The topological polar surface area (TPSA) is 39.9 Å². The monoisotopic (exact) mass is 207 g/mol. The Labute approximate surface area is 89.6 Å². The zero-order valence-corrected chi connectivity index (χ0v) is 9.20. The van der Waals surface area contributed by atoms with Gasteiger partial charge >= 0.3 is 0 Å². The number of ether oxygens (including phenoxy) is 1. The molecule has 4 heteroatoms. The van der Waals surface area contributed by atoms with E-state index in [4.69, 9.17) is 4.74 Å². The van der Waals surface area contributed by atoms with Crippen molar-refractivity contribution in [3.63, 3.8) is 0 Å². The summed E-state index contributed by atoms with van der Waals surface area (Å²) in [6.45, 7) is 3.52. The second kappa shape index (κ2) is 3.30. The largest absolute Gasteiger partial charge is 0.373 e. The summed E-state index contributed by atoms with van der Waals surface area (Å²) in [6.07, 6.45) is 6.33. The molecule has 1 aliphatic carbocycles. The number of fused-ring (bicyclic) bond motifs is 2. The van der Waals surface area contributed by atoms with E-state index in [1.807, 2.05) is 6.92 Å². The molecule has 1 fully saturated rings. The summed E-state index contributed by atoms with van der Waals surface area (Å²) in [5.74, 6) is 0. The summed E-state index contributed by atoms with van der Waals surface area (Å²) in [7, 11) is 0. The lowest BCUT2D eigenvalue weighted by Crippen LogP contribution is -2.45. The van der Waals surface area contributed by atoms with Crippen LogP contribution in [0.2, 0.25) is 0 Å². The SMILES string of the molecule is Cc1nnn2c1COCC21CCCCC1. The Kier molecular flexibility index (Phi) is 2.06. The van der Waals surface area contributed by atoms with E-state index in [2.05, 4.69) is 15.0 Å². The van der Waals surface area contributed by atoms with Crippen LogP contribution >= 0.6 is 0 Å². The van der Waals surface area contributed by atoms with E-state index in [9.17, 15) is 0 Å². The van der Waals surface area contributed by atoms with Gasteiger partial charge in [0.15, 0.2) is 0 Å². The van der Waals surface area contributed by atoms with Crippen molar-refractivity contribution in [2.75, 3.05) is 6.61 Å². The molecule has 1 saturated carbocycles. The molecule has 0 radical (unpaired) electrons. The van der Waals surface area contributed by atoms with Crippen LogP contribution in [0, 0.1) is 6.92 Å². The standard InChI is InChI=1S/C11H17N3O/c1-9-10-7-15-8-11(14(10)13-12-9)5-3-2-4-6-11/h2-8H2,1H3. The van der Waals surface area contributed by atoms with Crippen LogP contribution in [0.4, 0.5) is 0 Å². The third-order valence-electron chi connectivity index (χ3n) is 3.80. The summed E-state index contributed by atoms with van der Waals surface area (Å²) in [5, 5.41) is 8.50. The van der Waals surface area contributed by atoms with Gasteiger partial charge in [0.05, 0.1) is 30.1 Å². The van der Waals surface area contributed by atoms with E-state index in [1.54, 1.807) is 0 Å². The smallest absolute Gasteiger partial charge is 0.0905 e. The summed E-state index contributed by atoms with van der Waals surface area (Å²) in [6, 6.07) is 0. The quantitative estimate of drug-likeness (QED) is 0.651. The van der Waals surface area contributed by atoms with Gasteiger partial charge in [-0.05, 0) is 19.8 Å². The molecule has 2 aliphatic rings. The van der Waals surface area contributed by atoms with Crippen LogP contribution in [0.15, 0.2) is 0 Å². The Hall–Kier alpha value is -0.900. The zero-order valence-electron chi connectivity index (χ0n) is 9.20. The van der Waals surface area contributed by atoms with E-state index < -0.39 is 0 Å². The average molecular weight is 207 g/mol. The van der Waals surface area contributed by atoms with Crippen LogP contribution in [-0.2, 0) is 16.9 Å². The van der Waals surface area contributed by atoms with Crippen LogP contribution in [0.5, 0.6) is 0 Å². The summed E-state index contributed by atoms with van der Waals surface area (Å²) < 4.78 is 7.89. The van der Waals surface area contributed by atoms with Crippen molar-refractivity contribution >= 4 is 0 Å². The highest BCUT2D eigenvalue weighted by molar-refractivity contribution is 5.12. The number of hydrogen-bond acceptors (Lipinski definition) is 3. The fourth-order valence-corrected chi connectivity index (χ4v) is 2.89. The van der Waals surface area contributed by atoms with Crippen LogP contribution < -0.4 is 0 Å². The van der Waals surface area contributed by atoms with Crippen molar-refractivity contribution in [1.82, 2.24) is 15.0 Å². The zero-order chi connectivity index (χ0) is 10.3. The van der Waals surface area contributed by atoms with Gasteiger partial charge in [-0.15, -0.1) is 5.10 Å². The van der Waals surface area contributed by atoms with Gasteiger partial charge in [0, 0.05) is 0 Å². The number of nitrogens with zero attached hydrogens (tertiary/aromatic N) is 3. The van der Waals surface area contributed by atoms with Gasteiger partial charge in [-0.2, -0.15) is 0 Å². The number of aromatic nitrogens is 3. The van der Waals surface area contributed by atoms with Gasteiger partial charge < -0.3 is 4.74 Å². The van der Waals surface area contributed by atoms with Gasteiger partial charge in [-0.25, -0.2) is 4.68 Å². The molecule has 15 heavy (non-hydrogen) atoms. The molecule has 1 aromatic heterocycles. The first-order chi connectivity index (χ1) is 7.32. The maximum Gasteiger partial charge on any atom is 0.0905 e. The van der Waals surface area contributed by atoms with Gasteiger partial charge in [0.25, 0.3) is 0 Å². The normalized spacial score (nSPS) is 24.1. The summed E-state index contributed by atoms with van der Waals surface area (Å²) >= 11 is 0. The molecule has 0 aromatic carbocycles. The van der Waals surface area contributed by atoms with Gasteiger partial charge in [0.1, 0.15) is 0 Å². The molecule has 1 aliphatic heterocycles. The number of aryl methyl sites for hydroxylation is 1.